The van der Waals surface area contributed by atoms with E-state index in [0.29, 0.717) is 12.1 Å². The summed E-state index contributed by atoms with van der Waals surface area (Å²) in [7, 11) is 0. The Morgan fingerprint density at radius 3 is 1.89 bits per heavy atom. The topological polar surface area (TPSA) is 75.6 Å². The first kappa shape index (κ1) is 21.0. The molecule has 0 unspecified atom stereocenters. The lowest BCUT2D eigenvalue weighted by atomic mass is 9.80. The maximum Gasteiger partial charge on any atom is 0.416 e. The minimum atomic E-state index is -5.08. The normalized spacial score (nSPS) is 17.4. The number of carbonyl (C=O) groups excluding carboxylic acids is 1. The van der Waals surface area contributed by atoms with Crippen molar-refractivity contribution in [3.05, 3.63) is 34.9 Å². The molecule has 27 heavy (non-hydrogen) atoms. The van der Waals surface area contributed by atoms with Gasteiger partial charge in [0.2, 0.25) is 0 Å². The van der Waals surface area contributed by atoms with E-state index in [4.69, 9.17) is 4.74 Å². The van der Waals surface area contributed by atoms with Crippen molar-refractivity contribution in [1.82, 2.24) is 5.32 Å². The zero-order valence-corrected chi connectivity index (χ0v) is 13.7. The van der Waals surface area contributed by atoms with Crippen LogP contribution in [0.2, 0.25) is 0 Å². The number of amides is 1. The van der Waals surface area contributed by atoms with Gasteiger partial charge >= 0.3 is 18.3 Å². The Labute approximate surface area is 149 Å². The van der Waals surface area contributed by atoms with Crippen LogP contribution in [0.15, 0.2) is 18.2 Å². The van der Waals surface area contributed by atoms with Gasteiger partial charge in [0.05, 0.1) is 16.5 Å². The van der Waals surface area contributed by atoms with Crippen LogP contribution in [-0.2, 0) is 21.9 Å². The van der Waals surface area contributed by atoms with Crippen LogP contribution >= 0.6 is 0 Å². The quantitative estimate of drug-likeness (QED) is 0.762. The van der Waals surface area contributed by atoms with E-state index in [-0.39, 0.29) is 32.1 Å². The van der Waals surface area contributed by atoms with Gasteiger partial charge in [-0.05, 0) is 31.0 Å². The third-order valence-corrected chi connectivity index (χ3v) is 4.34. The number of hydrogen-bond acceptors (Lipinski definition) is 3. The smallest absolute Gasteiger partial charge is 0.416 e. The Kier molecular flexibility index (Phi) is 5.74. The summed E-state index contributed by atoms with van der Waals surface area (Å²) in [6.45, 7) is -0.212. The van der Waals surface area contributed by atoms with E-state index in [1.165, 1.54) is 0 Å². The molecule has 1 saturated heterocycles. The zero-order chi connectivity index (χ0) is 20.5. The molecule has 1 aliphatic rings. The van der Waals surface area contributed by atoms with Crippen LogP contribution in [-0.4, -0.2) is 36.7 Å². The van der Waals surface area contributed by atoms with Crippen LogP contribution in [0.25, 0.3) is 0 Å². The SMILES string of the molecule is O=C(NCC1(C(=O)O)CCOCC1)c1cc(C(F)(F)F)cc(C(F)(F)F)c1. The van der Waals surface area contributed by atoms with Crippen molar-refractivity contribution in [2.75, 3.05) is 19.8 Å². The standard InChI is InChI=1S/C16H15F6NO4/c17-15(18,19)10-5-9(6-11(7-10)16(20,21)22)12(24)23-8-14(13(25)26)1-3-27-4-2-14/h5-7H,1-4,8H2,(H,23,24)(H,25,26). The average molecular weight is 399 g/mol. The predicted octanol–water partition coefficient (Wildman–Crippen LogP) is 3.34. The Balaban J connectivity index is 2.28. The fourth-order valence-electron chi connectivity index (χ4n) is 2.67. The maximum atomic E-state index is 12.9. The lowest BCUT2D eigenvalue weighted by molar-refractivity contribution is -0.154. The van der Waals surface area contributed by atoms with Gasteiger partial charge in [-0.15, -0.1) is 0 Å². The number of rotatable bonds is 4. The third kappa shape index (κ3) is 4.90. The molecule has 1 amide bonds. The van der Waals surface area contributed by atoms with Gasteiger partial charge in [0.1, 0.15) is 0 Å². The second kappa shape index (κ2) is 7.37. The van der Waals surface area contributed by atoms with Crippen molar-refractivity contribution in [1.29, 1.82) is 0 Å². The number of aliphatic carboxylic acids is 1. The lowest BCUT2D eigenvalue weighted by Crippen LogP contribution is -2.46. The second-order valence-electron chi connectivity index (χ2n) is 6.18. The molecule has 2 N–H and O–H groups in total. The molecule has 0 aromatic heterocycles. The predicted molar refractivity (Wildman–Crippen MR) is 78.9 cm³/mol. The minimum Gasteiger partial charge on any atom is -0.481 e. The van der Waals surface area contributed by atoms with E-state index in [1.54, 1.807) is 0 Å². The third-order valence-electron chi connectivity index (χ3n) is 4.34. The highest BCUT2D eigenvalue weighted by molar-refractivity contribution is 5.95. The molecule has 5 nitrogen and oxygen atoms in total. The number of carboxylic acids is 1. The van der Waals surface area contributed by atoms with Crippen molar-refractivity contribution in [3.63, 3.8) is 0 Å². The molecule has 11 heteroatoms. The number of hydrogen-bond donors (Lipinski definition) is 2. The number of alkyl halides is 6. The molecule has 150 valence electrons. The lowest BCUT2D eigenvalue weighted by Gasteiger charge is -2.33. The van der Waals surface area contributed by atoms with Gasteiger partial charge in [-0.2, -0.15) is 26.3 Å². The van der Waals surface area contributed by atoms with Crippen molar-refractivity contribution in [3.8, 4) is 0 Å². The molecule has 1 aromatic carbocycles. The zero-order valence-electron chi connectivity index (χ0n) is 13.7. The van der Waals surface area contributed by atoms with Crippen LogP contribution in [0.4, 0.5) is 26.3 Å². The molecule has 0 bridgehead atoms. The summed E-state index contributed by atoms with van der Waals surface area (Å²) in [6.07, 6.45) is -10.1. The molecule has 1 aromatic rings. The van der Waals surface area contributed by atoms with Crippen molar-refractivity contribution >= 4 is 11.9 Å². The molecule has 1 fully saturated rings. The van der Waals surface area contributed by atoms with Crippen molar-refractivity contribution < 1.29 is 45.8 Å². The first-order chi connectivity index (χ1) is 12.3. The fourth-order valence-corrected chi connectivity index (χ4v) is 2.67. The van der Waals surface area contributed by atoms with Crippen LogP contribution in [0.1, 0.15) is 34.3 Å². The first-order valence-electron chi connectivity index (χ1n) is 7.74. The number of nitrogens with one attached hydrogen (secondary N) is 1. The number of halogens is 6. The highest BCUT2D eigenvalue weighted by Crippen LogP contribution is 2.36. The Morgan fingerprint density at radius 2 is 1.48 bits per heavy atom. The van der Waals surface area contributed by atoms with Crippen LogP contribution in [0, 0.1) is 5.41 Å². The van der Waals surface area contributed by atoms with E-state index in [9.17, 15) is 41.0 Å². The fraction of sp³-hybridized carbons (Fsp3) is 0.500. The molecule has 0 aliphatic carbocycles. The van der Waals surface area contributed by atoms with E-state index in [2.05, 4.69) is 5.32 Å². The van der Waals surface area contributed by atoms with Gasteiger partial charge in [-0.3, -0.25) is 9.59 Å². The largest absolute Gasteiger partial charge is 0.481 e. The summed E-state index contributed by atoms with van der Waals surface area (Å²) in [5.74, 6) is -2.45. The van der Waals surface area contributed by atoms with Crippen molar-refractivity contribution in [2.45, 2.75) is 25.2 Å². The summed E-state index contributed by atoms with van der Waals surface area (Å²) < 4.78 is 82.2. The van der Waals surface area contributed by atoms with Crippen LogP contribution in [0.5, 0.6) is 0 Å². The van der Waals surface area contributed by atoms with Gasteiger partial charge in [-0.25, -0.2) is 0 Å². The van der Waals surface area contributed by atoms with Crippen molar-refractivity contribution in [2.24, 2.45) is 5.41 Å². The molecule has 1 heterocycles. The van der Waals surface area contributed by atoms with E-state index < -0.39 is 52.9 Å². The molecular formula is C16H15F6NO4. The van der Waals surface area contributed by atoms with Crippen LogP contribution in [0.3, 0.4) is 0 Å². The Bertz CT molecular complexity index is 690. The summed E-state index contributed by atoms with van der Waals surface area (Å²) in [5, 5.41) is 11.5. The molecule has 0 saturated carbocycles. The van der Waals surface area contributed by atoms with Gasteiger partial charge < -0.3 is 15.2 Å². The van der Waals surface area contributed by atoms with Gasteiger partial charge in [-0.1, -0.05) is 0 Å². The average Bonchev–Trinajstić information content (AvgIpc) is 2.58. The molecule has 0 spiro atoms. The highest BCUT2D eigenvalue weighted by atomic mass is 19.4. The molecule has 0 radical (unpaired) electrons. The van der Waals surface area contributed by atoms with Crippen LogP contribution < -0.4 is 5.32 Å². The molecule has 2 rings (SSSR count). The minimum absolute atomic E-state index is 0.0546. The van der Waals surface area contributed by atoms with Gasteiger partial charge in [0.15, 0.2) is 0 Å². The molecule has 0 atom stereocenters. The van der Waals surface area contributed by atoms with E-state index in [1.807, 2.05) is 0 Å². The van der Waals surface area contributed by atoms with E-state index >= 15 is 0 Å². The summed E-state index contributed by atoms with van der Waals surface area (Å²) in [6, 6.07) is 0.498. The molecular weight excluding hydrogens is 384 g/mol. The summed E-state index contributed by atoms with van der Waals surface area (Å²) in [5.41, 5.74) is -5.49. The number of carboxylic acid groups (broad SMARTS) is 1. The van der Waals surface area contributed by atoms with Gasteiger partial charge in [0, 0.05) is 25.3 Å². The maximum absolute atomic E-state index is 12.9. The first-order valence-corrected chi connectivity index (χ1v) is 7.74. The number of ether oxygens (including phenoxy) is 1. The van der Waals surface area contributed by atoms with Gasteiger partial charge in [0.25, 0.3) is 5.91 Å². The monoisotopic (exact) mass is 399 g/mol. The number of benzene rings is 1. The number of carbonyl (C=O) groups is 2. The summed E-state index contributed by atoms with van der Waals surface area (Å²) >= 11 is 0. The van der Waals surface area contributed by atoms with E-state index in [0.717, 1.165) is 0 Å². The Morgan fingerprint density at radius 1 is 1.00 bits per heavy atom. The Hall–Kier alpha value is -2.30. The highest BCUT2D eigenvalue weighted by Gasteiger charge is 2.41. The molecule has 1 aliphatic heterocycles. The summed E-state index contributed by atoms with van der Waals surface area (Å²) in [4.78, 5) is 23.6. The second-order valence-corrected chi connectivity index (χ2v) is 6.18.